The van der Waals surface area contributed by atoms with Crippen LogP contribution in [0.25, 0.3) is 0 Å². The molecule has 0 radical (unpaired) electrons. The number of terminal acetylenes is 1. The summed E-state index contributed by atoms with van der Waals surface area (Å²) >= 11 is 0. The molecule has 1 N–H and O–H groups in total. The molecule has 86 valence electrons. The molecule has 0 aromatic heterocycles. The summed E-state index contributed by atoms with van der Waals surface area (Å²) in [6, 6.07) is 7.13. The molecule has 1 aromatic rings. The van der Waals surface area contributed by atoms with Crippen LogP contribution in [0.1, 0.15) is 12.0 Å². The van der Waals surface area contributed by atoms with E-state index in [9.17, 15) is 9.90 Å². The number of hydrogen-bond acceptors (Lipinski definition) is 2. The number of nitrogens with zero attached hydrogens (tertiary/aromatic N) is 1. The number of benzene rings is 1. The minimum atomic E-state index is -1.52. The third-order valence-electron chi connectivity index (χ3n) is 2.93. The van der Waals surface area contributed by atoms with Gasteiger partial charge in [-0.15, -0.1) is 13.0 Å². The summed E-state index contributed by atoms with van der Waals surface area (Å²) in [6.07, 6.45) is 6.96. The van der Waals surface area contributed by atoms with E-state index in [1.165, 1.54) is 11.0 Å². The lowest BCUT2D eigenvalue weighted by Gasteiger charge is -2.20. The molecular weight excluding hydrogens is 214 g/mol. The molecule has 17 heavy (non-hydrogen) atoms. The molecule has 2 rings (SSSR count). The molecule has 0 spiro atoms. The van der Waals surface area contributed by atoms with Crippen LogP contribution in [0.5, 0.6) is 0 Å². The van der Waals surface area contributed by atoms with E-state index in [1.807, 2.05) is 6.07 Å². The van der Waals surface area contributed by atoms with E-state index in [-0.39, 0.29) is 18.9 Å². The predicted molar refractivity (Wildman–Crippen MR) is 66.3 cm³/mol. The van der Waals surface area contributed by atoms with Gasteiger partial charge in [0.2, 0.25) is 0 Å². The lowest BCUT2D eigenvalue weighted by molar-refractivity contribution is -0.135. The Balaban J connectivity index is 2.57. The summed E-state index contributed by atoms with van der Waals surface area (Å²) in [5, 5.41) is 10.5. The summed E-state index contributed by atoms with van der Waals surface area (Å²) in [7, 11) is 0. The van der Waals surface area contributed by atoms with Crippen LogP contribution >= 0.6 is 0 Å². The van der Waals surface area contributed by atoms with Crippen molar-refractivity contribution in [2.75, 3.05) is 11.4 Å². The first kappa shape index (κ1) is 11.4. The average molecular weight is 227 g/mol. The van der Waals surface area contributed by atoms with E-state index in [4.69, 9.17) is 6.42 Å². The van der Waals surface area contributed by atoms with Crippen molar-refractivity contribution in [1.82, 2.24) is 0 Å². The van der Waals surface area contributed by atoms with Crippen LogP contribution in [-0.2, 0) is 10.4 Å². The normalized spacial score (nSPS) is 22.1. The van der Waals surface area contributed by atoms with Crippen LogP contribution in [0.4, 0.5) is 5.69 Å². The molecule has 3 nitrogen and oxygen atoms in total. The van der Waals surface area contributed by atoms with Crippen LogP contribution in [0.3, 0.4) is 0 Å². The first-order valence-corrected chi connectivity index (χ1v) is 5.33. The molecule has 0 saturated carbocycles. The van der Waals surface area contributed by atoms with E-state index in [2.05, 4.69) is 12.5 Å². The Morgan fingerprint density at radius 1 is 1.53 bits per heavy atom. The Morgan fingerprint density at radius 2 is 2.24 bits per heavy atom. The fraction of sp³-hybridized carbons (Fsp3) is 0.214. The van der Waals surface area contributed by atoms with Gasteiger partial charge in [0.1, 0.15) is 0 Å². The highest BCUT2D eigenvalue weighted by molar-refractivity contribution is 6.07. The molecule has 0 bridgehead atoms. The maximum Gasteiger partial charge on any atom is 0.264 e. The molecule has 1 aliphatic rings. The lowest BCUT2D eigenvalue weighted by Crippen LogP contribution is -2.40. The van der Waals surface area contributed by atoms with Gasteiger partial charge in [-0.25, -0.2) is 0 Å². The Bertz CT molecular complexity index is 515. The van der Waals surface area contributed by atoms with Gasteiger partial charge < -0.3 is 5.11 Å². The van der Waals surface area contributed by atoms with Crippen molar-refractivity contribution in [3.8, 4) is 12.3 Å². The molecule has 1 heterocycles. The van der Waals surface area contributed by atoms with Gasteiger partial charge in [0, 0.05) is 12.0 Å². The van der Waals surface area contributed by atoms with Crippen LogP contribution in [0, 0.1) is 12.3 Å². The standard InChI is InChI=1S/C14H13NO2/c1-3-9-14(17)11-7-5-6-8-12(11)15(10-4-2)13(14)16/h2-3,5-8,17H,1,9-10H2. The van der Waals surface area contributed by atoms with E-state index >= 15 is 0 Å². The van der Waals surface area contributed by atoms with Crippen molar-refractivity contribution in [2.45, 2.75) is 12.0 Å². The highest BCUT2D eigenvalue weighted by Crippen LogP contribution is 2.41. The van der Waals surface area contributed by atoms with E-state index < -0.39 is 5.60 Å². The molecule has 0 aliphatic carbocycles. The van der Waals surface area contributed by atoms with Crippen molar-refractivity contribution in [1.29, 1.82) is 0 Å². The minimum Gasteiger partial charge on any atom is -0.375 e. The van der Waals surface area contributed by atoms with Gasteiger partial charge in [-0.2, -0.15) is 0 Å². The SMILES string of the molecule is C#CCN1C(=O)C(O)(CC=C)c2ccccc21. The van der Waals surface area contributed by atoms with E-state index in [0.29, 0.717) is 11.3 Å². The Kier molecular flexibility index (Phi) is 2.74. The summed E-state index contributed by atoms with van der Waals surface area (Å²) < 4.78 is 0. The fourth-order valence-electron chi connectivity index (χ4n) is 2.16. The van der Waals surface area contributed by atoms with Crippen molar-refractivity contribution in [3.05, 3.63) is 42.5 Å². The third-order valence-corrected chi connectivity index (χ3v) is 2.93. The molecule has 1 amide bonds. The zero-order valence-corrected chi connectivity index (χ0v) is 9.39. The van der Waals surface area contributed by atoms with Gasteiger partial charge in [-0.3, -0.25) is 9.69 Å². The van der Waals surface area contributed by atoms with Gasteiger partial charge in [0.25, 0.3) is 5.91 Å². The van der Waals surface area contributed by atoms with Gasteiger partial charge >= 0.3 is 0 Å². The van der Waals surface area contributed by atoms with Crippen LogP contribution < -0.4 is 4.90 Å². The van der Waals surface area contributed by atoms with Gasteiger partial charge in [-0.05, 0) is 6.07 Å². The molecule has 1 aliphatic heterocycles. The second-order valence-electron chi connectivity index (χ2n) is 3.97. The average Bonchev–Trinajstić information content (AvgIpc) is 2.54. The first-order chi connectivity index (χ1) is 8.15. The number of amides is 1. The van der Waals surface area contributed by atoms with Gasteiger partial charge in [0.15, 0.2) is 5.60 Å². The van der Waals surface area contributed by atoms with Crippen LogP contribution in [-0.4, -0.2) is 17.6 Å². The second kappa shape index (κ2) is 4.08. The fourth-order valence-corrected chi connectivity index (χ4v) is 2.16. The maximum absolute atomic E-state index is 12.2. The molecule has 1 aromatic carbocycles. The number of aliphatic hydroxyl groups is 1. The maximum atomic E-state index is 12.2. The van der Waals surface area contributed by atoms with E-state index in [1.54, 1.807) is 18.2 Å². The van der Waals surface area contributed by atoms with Crippen LogP contribution in [0.15, 0.2) is 36.9 Å². The second-order valence-corrected chi connectivity index (χ2v) is 3.97. The summed E-state index contributed by atoms with van der Waals surface area (Å²) in [5.74, 6) is 2.05. The Labute approximate surface area is 100 Å². The first-order valence-electron chi connectivity index (χ1n) is 5.33. The molecule has 1 atom stereocenters. The summed E-state index contributed by atoms with van der Waals surface area (Å²) in [5.41, 5.74) is -0.241. The Hall–Kier alpha value is -2.05. The highest BCUT2D eigenvalue weighted by atomic mass is 16.3. The van der Waals surface area contributed by atoms with Gasteiger partial charge in [-0.1, -0.05) is 30.2 Å². The monoisotopic (exact) mass is 227 g/mol. The van der Waals surface area contributed by atoms with Crippen molar-refractivity contribution in [2.24, 2.45) is 0 Å². The number of carbonyl (C=O) groups is 1. The van der Waals surface area contributed by atoms with Crippen molar-refractivity contribution >= 4 is 11.6 Å². The van der Waals surface area contributed by atoms with Crippen LogP contribution in [0.2, 0.25) is 0 Å². The molecule has 0 saturated heterocycles. The summed E-state index contributed by atoms with van der Waals surface area (Å²) in [6.45, 7) is 3.74. The quantitative estimate of drug-likeness (QED) is 0.627. The number of fused-ring (bicyclic) bond motifs is 1. The highest BCUT2D eigenvalue weighted by Gasteiger charge is 2.48. The molecule has 0 fully saturated rings. The lowest BCUT2D eigenvalue weighted by atomic mass is 9.92. The molecular formula is C14H13NO2. The van der Waals surface area contributed by atoms with Crippen molar-refractivity contribution < 1.29 is 9.90 Å². The Morgan fingerprint density at radius 3 is 2.88 bits per heavy atom. The summed E-state index contributed by atoms with van der Waals surface area (Å²) in [4.78, 5) is 13.6. The largest absolute Gasteiger partial charge is 0.375 e. The van der Waals surface area contributed by atoms with Gasteiger partial charge in [0.05, 0.1) is 12.2 Å². The third kappa shape index (κ3) is 1.54. The number of carbonyl (C=O) groups excluding carboxylic acids is 1. The number of para-hydroxylation sites is 1. The zero-order valence-electron chi connectivity index (χ0n) is 9.39. The predicted octanol–water partition coefficient (Wildman–Crippen LogP) is 1.43. The number of anilines is 1. The minimum absolute atomic E-state index is 0.162. The molecule has 3 heteroatoms. The van der Waals surface area contributed by atoms with Crippen molar-refractivity contribution in [3.63, 3.8) is 0 Å². The topological polar surface area (TPSA) is 40.5 Å². The van der Waals surface area contributed by atoms with E-state index in [0.717, 1.165) is 0 Å². The zero-order chi connectivity index (χ0) is 12.5. The molecule has 1 unspecified atom stereocenters. The smallest absolute Gasteiger partial charge is 0.264 e. The number of hydrogen-bond donors (Lipinski definition) is 1. The number of rotatable bonds is 3.